The quantitative estimate of drug-likeness (QED) is 0.154. The van der Waals surface area contributed by atoms with Crippen LogP contribution in [-0.2, 0) is 4.74 Å². The van der Waals surface area contributed by atoms with Gasteiger partial charge in [-0.15, -0.1) is 0 Å². The molecule has 43 heavy (non-hydrogen) atoms. The monoisotopic (exact) mass is 560 g/mol. The van der Waals surface area contributed by atoms with Gasteiger partial charge < -0.3 is 4.74 Å². The molecule has 0 saturated carbocycles. The summed E-state index contributed by atoms with van der Waals surface area (Å²) >= 11 is 0. The van der Waals surface area contributed by atoms with Crippen molar-refractivity contribution in [2.75, 3.05) is 0 Å². The average molecular weight is 561 g/mol. The van der Waals surface area contributed by atoms with Crippen molar-refractivity contribution in [1.82, 2.24) is 0 Å². The summed E-state index contributed by atoms with van der Waals surface area (Å²) < 4.78 is 7.26. The third-order valence-electron chi connectivity index (χ3n) is 8.25. The van der Waals surface area contributed by atoms with Gasteiger partial charge in [-0.05, 0) is 58.0 Å². The summed E-state index contributed by atoms with van der Waals surface area (Å²) in [5.41, 5.74) is 9.05. The van der Waals surface area contributed by atoms with Gasteiger partial charge >= 0.3 is 0 Å². The van der Waals surface area contributed by atoms with Crippen molar-refractivity contribution in [3.8, 4) is 0 Å². The van der Waals surface area contributed by atoms with Gasteiger partial charge in [-0.1, -0.05) is 121 Å². The van der Waals surface area contributed by atoms with Crippen molar-refractivity contribution in [2.45, 2.75) is 18.8 Å². The molecule has 0 aromatic heterocycles. The summed E-state index contributed by atoms with van der Waals surface area (Å²) in [6, 6.07) is 48.0. The second-order valence-corrected chi connectivity index (χ2v) is 10.7. The number of hydrogen-bond acceptors (Lipinski definition) is 4. The highest BCUT2D eigenvalue weighted by Gasteiger charge is 2.55. The minimum absolute atomic E-state index is 0.0308. The molecule has 2 atom stereocenters. The third-order valence-corrected chi connectivity index (χ3v) is 8.25. The topological polar surface area (TPSA) is 64.7 Å². The smallest absolute Gasteiger partial charge is 0.269 e. The van der Waals surface area contributed by atoms with E-state index in [1.54, 1.807) is 12.1 Å². The number of ether oxygens (including phenoxy) is 1. The summed E-state index contributed by atoms with van der Waals surface area (Å²) in [7, 11) is 0. The number of benzene rings is 5. The maximum absolute atomic E-state index is 11.4. The number of aliphatic imine (C=N–C) groups is 1. The first-order chi connectivity index (χ1) is 21.1. The number of nitrogens with zero attached hydrogens (tertiary/aromatic N) is 2. The Hall–Kier alpha value is -5.39. The highest BCUT2D eigenvalue weighted by molar-refractivity contribution is 6.31. The van der Waals surface area contributed by atoms with Crippen LogP contribution in [0.2, 0.25) is 0 Å². The molecule has 5 aromatic rings. The average Bonchev–Trinajstić information content (AvgIpc) is 3.59. The van der Waals surface area contributed by atoms with Crippen molar-refractivity contribution < 1.29 is 9.66 Å². The van der Waals surface area contributed by atoms with E-state index in [4.69, 9.17) is 9.73 Å². The molecule has 0 radical (unpaired) electrons. The Kier molecular flexibility index (Phi) is 6.65. The number of hydrogen-bond donors (Lipinski definition) is 0. The van der Waals surface area contributed by atoms with Crippen molar-refractivity contribution in [2.24, 2.45) is 4.99 Å². The molecule has 5 aromatic carbocycles. The van der Waals surface area contributed by atoms with Crippen LogP contribution in [0.25, 0.3) is 16.7 Å². The molecule has 208 valence electrons. The lowest BCUT2D eigenvalue weighted by molar-refractivity contribution is -0.384. The second kappa shape index (κ2) is 10.8. The Morgan fingerprint density at radius 2 is 1.09 bits per heavy atom. The van der Waals surface area contributed by atoms with Gasteiger partial charge in [0.25, 0.3) is 5.69 Å². The van der Waals surface area contributed by atoms with Gasteiger partial charge in [0.2, 0.25) is 0 Å². The fraction of sp³-hybridized carbons (Fsp3) is 0.0789. The van der Waals surface area contributed by atoms with Crippen LogP contribution < -0.4 is 0 Å². The summed E-state index contributed by atoms with van der Waals surface area (Å²) in [6.07, 6.45) is -0.670. The molecule has 0 N–H and O–H groups in total. The molecule has 5 heteroatoms. The van der Waals surface area contributed by atoms with E-state index in [1.807, 2.05) is 36.4 Å². The van der Waals surface area contributed by atoms with Gasteiger partial charge in [-0.2, -0.15) is 0 Å². The van der Waals surface area contributed by atoms with E-state index in [-0.39, 0.29) is 5.69 Å². The van der Waals surface area contributed by atoms with E-state index in [0.717, 1.165) is 55.8 Å². The largest absolute Gasteiger partial charge is 0.330 e. The zero-order valence-corrected chi connectivity index (χ0v) is 23.6. The first-order valence-electron chi connectivity index (χ1n) is 14.3. The molecular formula is C38H28N2O3. The van der Waals surface area contributed by atoms with E-state index in [0.29, 0.717) is 0 Å². The Morgan fingerprint density at radius 3 is 1.60 bits per heavy atom. The summed E-state index contributed by atoms with van der Waals surface area (Å²) in [5, 5.41) is 11.4. The van der Waals surface area contributed by atoms with Gasteiger partial charge in [0.05, 0.1) is 10.6 Å². The highest BCUT2D eigenvalue weighted by Crippen LogP contribution is 2.59. The normalized spacial score (nSPS) is 19.7. The molecule has 1 aliphatic heterocycles. The van der Waals surface area contributed by atoms with Crippen LogP contribution in [0.15, 0.2) is 156 Å². The first-order valence-corrected chi connectivity index (χ1v) is 14.3. The fourth-order valence-electron chi connectivity index (χ4n) is 6.34. The van der Waals surface area contributed by atoms with Crippen LogP contribution in [0.5, 0.6) is 0 Å². The van der Waals surface area contributed by atoms with Gasteiger partial charge in [0.15, 0.2) is 11.8 Å². The Labute approximate surface area is 250 Å². The second-order valence-electron chi connectivity index (χ2n) is 10.7. The lowest BCUT2D eigenvalue weighted by Crippen LogP contribution is -2.40. The minimum atomic E-state index is -1.02. The lowest BCUT2D eigenvalue weighted by Gasteiger charge is -2.33. The maximum Gasteiger partial charge on any atom is 0.269 e. The molecule has 2 aliphatic rings. The highest BCUT2D eigenvalue weighted by atomic mass is 16.6. The SMILES string of the molecule is CC1=C(c2ccccc2)C(c2ccccc2)=C(c2ccccc2)[C@]12O[C@H](c1ccc([N+](=O)[O-])cc1)N=C2c1ccccc1. The van der Waals surface area contributed by atoms with Gasteiger partial charge in [-0.25, -0.2) is 4.99 Å². The molecule has 0 saturated heterocycles. The van der Waals surface area contributed by atoms with E-state index in [2.05, 4.69) is 91.9 Å². The molecule has 0 unspecified atom stereocenters. The third kappa shape index (κ3) is 4.42. The minimum Gasteiger partial charge on any atom is -0.330 e. The van der Waals surface area contributed by atoms with Crippen LogP contribution in [0.1, 0.15) is 41.0 Å². The predicted molar refractivity (Wildman–Crippen MR) is 171 cm³/mol. The van der Waals surface area contributed by atoms with E-state index in [9.17, 15) is 10.1 Å². The Balaban J connectivity index is 1.56. The standard InChI is InChI=1S/C38H28N2O3/c1-26-33(27-14-6-2-7-15-27)34(28-16-8-3-9-17-28)35(29-18-10-4-11-19-29)38(26)36(30-20-12-5-13-21-30)39-37(43-38)31-22-24-32(25-23-31)40(41)42/h2-25,37H,1H3/t37-,38-/m1/s1. The Morgan fingerprint density at radius 1 is 0.628 bits per heavy atom. The van der Waals surface area contributed by atoms with Gasteiger partial charge in [-0.3, -0.25) is 10.1 Å². The zero-order valence-electron chi connectivity index (χ0n) is 23.6. The van der Waals surface area contributed by atoms with Crippen LogP contribution in [-0.4, -0.2) is 16.2 Å². The molecule has 0 fully saturated rings. The fourth-order valence-corrected chi connectivity index (χ4v) is 6.34. The maximum atomic E-state index is 11.4. The summed E-state index contributed by atoms with van der Waals surface area (Å²) in [5.74, 6) is 0. The number of nitro groups is 1. The van der Waals surface area contributed by atoms with Crippen LogP contribution in [0.3, 0.4) is 0 Å². The van der Waals surface area contributed by atoms with Crippen molar-refractivity contribution in [3.05, 3.63) is 189 Å². The molecule has 1 aliphatic carbocycles. The molecule has 1 heterocycles. The molecule has 7 rings (SSSR count). The van der Waals surface area contributed by atoms with Crippen LogP contribution in [0, 0.1) is 10.1 Å². The molecule has 0 amide bonds. The number of non-ortho nitro benzene ring substituents is 1. The number of allylic oxidation sites excluding steroid dienone is 2. The van der Waals surface area contributed by atoms with Gasteiger partial charge in [0.1, 0.15) is 0 Å². The summed E-state index contributed by atoms with van der Waals surface area (Å²) in [6.45, 7) is 2.15. The zero-order chi connectivity index (χ0) is 29.4. The molecular weight excluding hydrogens is 532 g/mol. The number of rotatable bonds is 6. The van der Waals surface area contributed by atoms with E-state index >= 15 is 0 Å². The molecule has 5 nitrogen and oxygen atoms in total. The summed E-state index contributed by atoms with van der Waals surface area (Å²) in [4.78, 5) is 16.3. The van der Waals surface area contributed by atoms with E-state index in [1.165, 1.54) is 12.1 Å². The van der Waals surface area contributed by atoms with Crippen molar-refractivity contribution in [1.29, 1.82) is 0 Å². The Bertz CT molecular complexity index is 1900. The number of nitro benzene ring substituents is 1. The predicted octanol–water partition coefficient (Wildman–Crippen LogP) is 8.95. The van der Waals surface area contributed by atoms with Gasteiger partial charge in [0, 0.05) is 23.3 Å². The van der Waals surface area contributed by atoms with Crippen LogP contribution in [0.4, 0.5) is 5.69 Å². The van der Waals surface area contributed by atoms with Crippen LogP contribution >= 0.6 is 0 Å². The molecule has 0 bridgehead atoms. The van der Waals surface area contributed by atoms with Crippen molar-refractivity contribution in [3.63, 3.8) is 0 Å². The van der Waals surface area contributed by atoms with E-state index < -0.39 is 16.8 Å². The lowest BCUT2D eigenvalue weighted by atomic mass is 9.78. The molecule has 1 spiro atoms. The first kappa shape index (κ1) is 26.5. The van der Waals surface area contributed by atoms with Crippen molar-refractivity contribution >= 4 is 28.1 Å².